The van der Waals surface area contributed by atoms with Crippen LogP contribution in [0, 0.1) is 25.6 Å². The monoisotopic (exact) mass is 395 g/mol. The third-order valence-corrected chi connectivity index (χ3v) is 6.81. The van der Waals surface area contributed by atoms with Gasteiger partial charge in [0, 0.05) is 19.6 Å². The average Bonchev–Trinajstić information content (AvgIpc) is 3.00. The van der Waals surface area contributed by atoms with E-state index in [2.05, 4.69) is 10.5 Å². The predicted molar refractivity (Wildman–Crippen MR) is 95.7 cm³/mol. The van der Waals surface area contributed by atoms with Gasteiger partial charge in [-0.1, -0.05) is 17.3 Å². The lowest BCUT2D eigenvalue weighted by Crippen LogP contribution is -2.45. The number of hydrogen-bond donors (Lipinski definition) is 1. The molecule has 1 saturated heterocycles. The van der Waals surface area contributed by atoms with Crippen LogP contribution in [-0.2, 0) is 21.4 Å². The zero-order valence-electron chi connectivity index (χ0n) is 15.2. The molecule has 2 aromatic rings. The van der Waals surface area contributed by atoms with E-state index in [4.69, 9.17) is 4.52 Å². The van der Waals surface area contributed by atoms with Crippen LogP contribution in [0.15, 0.2) is 33.7 Å². The molecule has 0 spiro atoms. The molecular weight excluding hydrogens is 373 g/mol. The van der Waals surface area contributed by atoms with Crippen molar-refractivity contribution in [1.82, 2.24) is 14.8 Å². The zero-order chi connectivity index (χ0) is 19.6. The predicted octanol–water partition coefficient (Wildman–Crippen LogP) is 2.15. The fourth-order valence-corrected chi connectivity index (χ4v) is 5.10. The molecule has 0 radical (unpaired) electrons. The van der Waals surface area contributed by atoms with Crippen molar-refractivity contribution in [3.63, 3.8) is 0 Å². The van der Waals surface area contributed by atoms with Crippen molar-refractivity contribution in [2.45, 2.75) is 38.1 Å². The van der Waals surface area contributed by atoms with Crippen LogP contribution in [-0.4, -0.2) is 36.9 Å². The smallest absolute Gasteiger partial charge is 0.248 e. The largest absolute Gasteiger partial charge is 0.360 e. The van der Waals surface area contributed by atoms with E-state index in [1.54, 1.807) is 26.0 Å². The molecule has 1 fully saturated rings. The fourth-order valence-electron chi connectivity index (χ4n) is 3.28. The first-order valence-corrected chi connectivity index (χ1v) is 10.2. The minimum Gasteiger partial charge on any atom is -0.360 e. The summed E-state index contributed by atoms with van der Waals surface area (Å²) in [7, 11) is -3.76. The highest BCUT2D eigenvalue weighted by atomic mass is 32.2. The van der Waals surface area contributed by atoms with Crippen LogP contribution in [0.5, 0.6) is 0 Å². The molecule has 2 heterocycles. The van der Waals surface area contributed by atoms with Gasteiger partial charge in [0.25, 0.3) is 0 Å². The van der Waals surface area contributed by atoms with Crippen molar-refractivity contribution in [3.8, 4) is 0 Å². The topological polar surface area (TPSA) is 92.5 Å². The summed E-state index contributed by atoms with van der Waals surface area (Å²) >= 11 is 0. The van der Waals surface area contributed by atoms with Crippen LogP contribution in [0.25, 0.3) is 0 Å². The standard InChI is InChI=1S/C18H22FN3O4S/c1-12-17(13(2)26-21-12)27(24,25)22-9-3-4-15(11-22)18(23)20-10-14-5-7-16(19)8-6-14/h5-8,15H,3-4,9-11H2,1-2H3,(H,20,23). The fraction of sp³-hybridized carbons (Fsp3) is 0.444. The molecule has 7 nitrogen and oxygen atoms in total. The molecule has 1 unspecified atom stereocenters. The van der Waals surface area contributed by atoms with Crippen LogP contribution in [0.4, 0.5) is 4.39 Å². The number of halogens is 1. The lowest BCUT2D eigenvalue weighted by Gasteiger charge is -2.31. The van der Waals surface area contributed by atoms with Crippen LogP contribution in [0.2, 0.25) is 0 Å². The van der Waals surface area contributed by atoms with Crippen LogP contribution < -0.4 is 5.32 Å². The highest BCUT2D eigenvalue weighted by Gasteiger charge is 2.36. The molecule has 146 valence electrons. The molecule has 1 aliphatic heterocycles. The summed E-state index contributed by atoms with van der Waals surface area (Å²) < 4.78 is 45.1. The van der Waals surface area contributed by atoms with Gasteiger partial charge in [-0.15, -0.1) is 0 Å². The number of aryl methyl sites for hydroxylation is 2. The van der Waals surface area contributed by atoms with E-state index in [-0.39, 0.29) is 35.5 Å². The number of rotatable bonds is 5. The first-order valence-electron chi connectivity index (χ1n) is 8.74. The lowest BCUT2D eigenvalue weighted by molar-refractivity contribution is -0.126. The number of piperidine rings is 1. The van der Waals surface area contributed by atoms with Crippen LogP contribution >= 0.6 is 0 Å². The maximum atomic E-state index is 12.9. The van der Waals surface area contributed by atoms with Crippen LogP contribution in [0.3, 0.4) is 0 Å². The Hall–Kier alpha value is -2.26. The third-order valence-electron chi connectivity index (χ3n) is 4.70. The quantitative estimate of drug-likeness (QED) is 0.837. The van der Waals surface area contributed by atoms with Gasteiger partial charge in [-0.05, 0) is 44.4 Å². The molecule has 1 aliphatic rings. The molecule has 1 N–H and O–H groups in total. The average molecular weight is 395 g/mol. The first kappa shape index (κ1) is 19.5. The number of carbonyl (C=O) groups excluding carboxylic acids is 1. The molecule has 1 aromatic carbocycles. The molecule has 9 heteroatoms. The normalized spacial score (nSPS) is 18.4. The maximum Gasteiger partial charge on any atom is 0.248 e. The van der Waals surface area contributed by atoms with Gasteiger partial charge in [0.05, 0.1) is 5.92 Å². The van der Waals surface area contributed by atoms with E-state index in [1.165, 1.54) is 16.4 Å². The van der Waals surface area contributed by atoms with E-state index in [0.29, 0.717) is 25.1 Å². The van der Waals surface area contributed by atoms with Gasteiger partial charge in [0.2, 0.25) is 15.9 Å². The van der Waals surface area contributed by atoms with Crippen molar-refractivity contribution in [3.05, 3.63) is 47.1 Å². The Labute approximate surface area is 157 Å². The van der Waals surface area contributed by atoms with Crippen molar-refractivity contribution in [1.29, 1.82) is 0 Å². The summed E-state index contributed by atoms with van der Waals surface area (Å²) in [6.45, 7) is 3.88. The van der Waals surface area contributed by atoms with Crippen molar-refractivity contribution < 1.29 is 22.1 Å². The van der Waals surface area contributed by atoms with Gasteiger partial charge < -0.3 is 9.84 Å². The summed E-state index contributed by atoms with van der Waals surface area (Å²) in [6.07, 6.45) is 1.21. The van der Waals surface area contributed by atoms with Crippen molar-refractivity contribution in [2.75, 3.05) is 13.1 Å². The molecule has 0 saturated carbocycles. The molecule has 3 rings (SSSR count). The van der Waals surface area contributed by atoms with Gasteiger partial charge in [-0.25, -0.2) is 12.8 Å². The molecule has 0 aliphatic carbocycles. The van der Waals surface area contributed by atoms with Crippen LogP contribution in [0.1, 0.15) is 29.9 Å². The Morgan fingerprint density at radius 1 is 1.33 bits per heavy atom. The molecule has 1 atom stereocenters. The van der Waals surface area contributed by atoms with E-state index in [1.807, 2.05) is 0 Å². The van der Waals surface area contributed by atoms with Gasteiger partial charge in [0.1, 0.15) is 16.4 Å². The first-order chi connectivity index (χ1) is 12.8. The van der Waals surface area contributed by atoms with E-state index in [9.17, 15) is 17.6 Å². The highest BCUT2D eigenvalue weighted by Crippen LogP contribution is 2.27. The Kier molecular flexibility index (Phi) is 5.61. The van der Waals surface area contributed by atoms with E-state index in [0.717, 1.165) is 5.56 Å². The van der Waals surface area contributed by atoms with E-state index < -0.39 is 15.9 Å². The number of nitrogens with one attached hydrogen (secondary N) is 1. The Bertz CT molecular complexity index is 905. The number of sulfonamides is 1. The van der Waals surface area contributed by atoms with Gasteiger partial charge >= 0.3 is 0 Å². The second-order valence-electron chi connectivity index (χ2n) is 6.70. The summed E-state index contributed by atoms with van der Waals surface area (Å²) in [5, 5.41) is 6.52. The Morgan fingerprint density at radius 3 is 2.67 bits per heavy atom. The summed E-state index contributed by atoms with van der Waals surface area (Å²) in [4.78, 5) is 12.6. The molecule has 27 heavy (non-hydrogen) atoms. The van der Waals surface area contributed by atoms with Gasteiger partial charge in [0.15, 0.2) is 5.76 Å². The summed E-state index contributed by atoms with van der Waals surface area (Å²) in [5.74, 6) is -0.736. The minimum atomic E-state index is -3.76. The number of amides is 1. The van der Waals surface area contributed by atoms with Gasteiger partial charge in [-0.3, -0.25) is 4.79 Å². The highest BCUT2D eigenvalue weighted by molar-refractivity contribution is 7.89. The molecule has 0 bridgehead atoms. The SMILES string of the molecule is Cc1noc(C)c1S(=O)(=O)N1CCCC(C(=O)NCc2ccc(F)cc2)C1. The molecular formula is C18H22FN3O4S. The Morgan fingerprint density at radius 2 is 2.04 bits per heavy atom. The minimum absolute atomic E-state index is 0.0786. The number of aromatic nitrogens is 1. The molecule has 1 aromatic heterocycles. The number of hydrogen-bond acceptors (Lipinski definition) is 5. The Balaban J connectivity index is 1.66. The number of nitrogens with zero attached hydrogens (tertiary/aromatic N) is 2. The lowest BCUT2D eigenvalue weighted by atomic mass is 9.99. The third kappa shape index (κ3) is 4.19. The number of benzene rings is 1. The summed E-state index contributed by atoms with van der Waals surface area (Å²) in [5.41, 5.74) is 1.09. The second kappa shape index (κ2) is 7.77. The van der Waals surface area contributed by atoms with Crippen molar-refractivity contribution in [2.24, 2.45) is 5.92 Å². The maximum absolute atomic E-state index is 12.9. The van der Waals surface area contributed by atoms with Gasteiger partial charge in [-0.2, -0.15) is 4.31 Å². The zero-order valence-corrected chi connectivity index (χ0v) is 16.1. The van der Waals surface area contributed by atoms with Crippen molar-refractivity contribution >= 4 is 15.9 Å². The summed E-state index contributed by atoms with van der Waals surface area (Å²) in [6, 6.07) is 5.87. The second-order valence-corrected chi connectivity index (χ2v) is 8.57. The number of carbonyl (C=O) groups is 1. The van der Waals surface area contributed by atoms with E-state index >= 15 is 0 Å². The molecule has 1 amide bonds.